The van der Waals surface area contributed by atoms with Gasteiger partial charge in [0.2, 0.25) is 0 Å². The number of aldehydes is 1. The molecule has 0 aromatic rings. The van der Waals surface area contributed by atoms with Gasteiger partial charge in [-0.3, -0.25) is 9.49 Å². The Kier molecular flexibility index (Phi) is 299. The van der Waals surface area contributed by atoms with E-state index < -0.39 is 6.10 Å². The van der Waals surface area contributed by atoms with E-state index in [0.29, 0.717) is 77.0 Å². The molecule has 854 valence electrons. The maximum atomic E-state index is 9.68. The molecule has 13 nitrogen and oxygen atoms in total. The molecule has 0 amide bonds. The summed E-state index contributed by atoms with van der Waals surface area (Å²) in [5.74, 6) is 8.38. The third-order valence-electron chi connectivity index (χ3n) is 19.4. The zero-order valence-corrected chi connectivity index (χ0v) is 109. The Labute approximate surface area is 879 Å². The minimum Gasteiger partial charge on any atom is -0.411 e. The van der Waals surface area contributed by atoms with Crippen molar-refractivity contribution in [3.63, 3.8) is 0 Å². The summed E-state index contributed by atoms with van der Waals surface area (Å²) in [5, 5.41) is 20.4. The largest absolute Gasteiger partial charge is 0.411 e. The second-order valence-corrected chi connectivity index (χ2v) is 29.3. The molecule has 15 heteroatoms. The number of nitrogens with one attached hydrogen (secondary N) is 1. The molecule has 2 aliphatic carbocycles. The average molecular weight is 2010 g/mol. The fraction of sp³-hybridized carbons (Fsp3) is 0.950. The summed E-state index contributed by atoms with van der Waals surface area (Å²) >= 11 is 0. The monoisotopic (exact) mass is 2010 g/mol. The van der Waals surface area contributed by atoms with Crippen LogP contribution in [0.5, 0.6) is 0 Å². The van der Waals surface area contributed by atoms with Crippen LogP contribution in [0.2, 0.25) is 0 Å². The van der Waals surface area contributed by atoms with Gasteiger partial charge in [0, 0.05) is 43.7 Å². The molecule has 0 aromatic carbocycles. The number of hydrogen-bond acceptors (Lipinski definition) is 13. The van der Waals surface area contributed by atoms with E-state index in [-0.39, 0.29) is 33.1 Å². The Balaban J connectivity index is -0.0000000427. The van der Waals surface area contributed by atoms with Crippen LogP contribution < -0.4 is 5.48 Å². The molecule has 8 fully saturated rings. The molecule has 8 rings (SSSR count). The van der Waals surface area contributed by atoms with E-state index >= 15 is 0 Å². The van der Waals surface area contributed by atoms with Gasteiger partial charge in [0.05, 0.1) is 68.6 Å². The molecule has 0 bridgehead atoms. The predicted molar refractivity (Wildman–Crippen MR) is 649 cm³/mol. The number of hydrogen-bond donors (Lipinski definition) is 3. The average Bonchev–Trinajstić information content (AvgIpc) is 1.85. The third-order valence-corrected chi connectivity index (χ3v) is 20.0. The molecule has 0 aromatic heterocycles. The maximum absolute atomic E-state index is 9.68. The van der Waals surface area contributed by atoms with Crippen LogP contribution in [0.15, 0.2) is 40.0 Å². The van der Waals surface area contributed by atoms with Crippen molar-refractivity contribution in [2.45, 2.75) is 664 Å². The number of allylic oxidation sites excluding steroid dienone is 2. The highest BCUT2D eigenvalue weighted by Gasteiger charge is 2.35. The van der Waals surface area contributed by atoms with E-state index in [1.54, 1.807) is 0 Å². The highest BCUT2D eigenvalue weighted by Crippen LogP contribution is 2.36. The van der Waals surface area contributed by atoms with Crippen LogP contribution >= 0.6 is 18.0 Å². The zero-order chi connectivity index (χ0) is 116. The van der Waals surface area contributed by atoms with Crippen molar-refractivity contribution in [2.24, 2.45) is 79.7 Å². The molecule has 17 unspecified atom stereocenters. The van der Waals surface area contributed by atoms with Crippen LogP contribution in [0, 0.1) is 65.1 Å². The minimum atomic E-state index is -0.452. The van der Waals surface area contributed by atoms with Crippen LogP contribution in [-0.2, 0) is 33.3 Å². The molecule has 6 heterocycles. The number of hydroxylamine groups is 1. The number of nitrogens with zero attached hydrogens (tertiary/aromatic N) is 3. The molecule has 3 N–H and O–H groups in total. The van der Waals surface area contributed by atoms with E-state index in [0.717, 1.165) is 106 Å². The van der Waals surface area contributed by atoms with E-state index in [9.17, 15) is 9.90 Å². The summed E-state index contributed by atoms with van der Waals surface area (Å²) in [7, 11) is 0.602. The van der Waals surface area contributed by atoms with E-state index in [1.165, 1.54) is 128 Å². The first-order valence-electron chi connectivity index (χ1n) is 60.5. The lowest BCUT2D eigenvalue weighted by Crippen LogP contribution is -2.45. The fourth-order valence-corrected chi connectivity index (χ4v) is 12.2. The Bertz CT molecular complexity index is 1660. The summed E-state index contributed by atoms with van der Waals surface area (Å²) < 4.78 is 49.5. The summed E-state index contributed by atoms with van der Waals surface area (Å²) in [4.78, 5) is 14.7. The summed E-state index contributed by atoms with van der Waals surface area (Å²) in [5.41, 5.74) is 3.02. The van der Waals surface area contributed by atoms with Gasteiger partial charge in [-0.25, -0.2) is 0 Å². The quantitative estimate of drug-likeness (QED) is 0.0203. The number of aliphatic hydroxyl groups excluding tert-OH is 1. The Morgan fingerprint density at radius 3 is 0.993 bits per heavy atom. The van der Waals surface area contributed by atoms with Crippen LogP contribution in [0.25, 0.3) is 0 Å². The van der Waals surface area contributed by atoms with Gasteiger partial charge in [-0.15, -0.1) is 18.3 Å². The highest BCUT2D eigenvalue weighted by molar-refractivity contribution is 7.04. The van der Waals surface area contributed by atoms with Crippen LogP contribution in [0.1, 0.15) is 604 Å². The molecule has 6 aliphatic heterocycles. The Morgan fingerprint density at radius 2 is 0.699 bits per heavy atom. The molecule has 2 saturated carbocycles. The van der Waals surface area contributed by atoms with Crippen molar-refractivity contribution in [2.75, 3.05) is 33.0 Å². The first kappa shape index (κ1) is 193. The van der Waals surface area contributed by atoms with Crippen molar-refractivity contribution in [3.05, 3.63) is 25.3 Å². The minimum absolute atomic E-state index is 0.0915. The lowest BCUT2D eigenvalue weighted by Gasteiger charge is -2.36. The molecular formula is C121H286N4O9P2. The highest BCUT2D eigenvalue weighted by atomic mass is 31.0. The zero-order valence-electron chi connectivity index (χ0n) is 110. The smallest absolute Gasteiger partial charge is 0.120 e. The van der Waals surface area contributed by atoms with Crippen molar-refractivity contribution in [1.82, 2.24) is 5.48 Å². The Morgan fingerprint density at radius 1 is 0.382 bits per heavy atom. The normalized spacial score (nSPS) is 21.7. The van der Waals surface area contributed by atoms with Gasteiger partial charge in [0.15, 0.2) is 0 Å². The summed E-state index contributed by atoms with van der Waals surface area (Å²) in [6, 6.07) is 0.723. The number of unbranched alkanes of at least 4 members (excludes halogenated alkanes) is 4. The third kappa shape index (κ3) is 169. The van der Waals surface area contributed by atoms with Crippen molar-refractivity contribution in [1.29, 1.82) is 2.56 Å². The number of carbonyl (C=O) groups is 1. The molecular weight excluding hydrogens is 1720 g/mol. The summed E-state index contributed by atoms with van der Waals surface area (Å²) in [6.45, 7) is 143. The van der Waals surface area contributed by atoms with Crippen molar-refractivity contribution in [3.8, 4) is 0 Å². The standard InChI is InChI=1S/C10H22.C9H20.C8H16NOP.2C8H16O.C7H14NO2P.C7H12O.2C6H11NO.C6H10O.23C2H6/c1-8(2)6-7-10(5)9(3)4;1-8(2)6-5-7-9(3)4;1-5-6(2)8(9-11)4-10-7(5)3;2*1-3-8-6-4-5-7(2)9-8;1-4-5(2)10-3-6(8-11)7(4)9;1-2-6-4-8-5-7(6)3-1;1-2-5-4-8-7-6(5)3-1;1-2-3-4-5-6-7-8;1-2-3-4-5-6-7;23*1-2/h8-10H,6-7H2,1-5H3;8-9H,5-7H2,1-4H3;5-8,11H,4H2,1-3H3;2*7-8H,3-6H2,1-2H3;4-7,9,11H,3H2,1-2H3;6-7H,1-5H2;5-7H,1-4H2;2,6,8H,1,3-5H2;2,6H,1,3-5H2;23*1-2H3/i;;11T;;;11T;;;;;;;;;;;;;;;;;;;;;;;;;;;. The predicted octanol–water partition coefficient (Wildman–Crippen LogP) is 44.4. The molecule has 8 aliphatic rings. The van der Waals surface area contributed by atoms with Gasteiger partial charge in [-0.2, -0.15) is 5.48 Å². The number of oxime groups is 1. The fourth-order valence-electron chi connectivity index (χ4n) is 11.7. The number of fused-ring (bicyclic) bond motifs is 2. The van der Waals surface area contributed by atoms with Crippen molar-refractivity contribution >= 4 is 30.5 Å². The first-order chi connectivity index (χ1) is 66.9. The lowest BCUT2D eigenvalue weighted by atomic mass is 9.84. The van der Waals surface area contributed by atoms with Gasteiger partial charge in [0.1, 0.15) is 14.9 Å². The Hall–Kier alpha value is -1.50. The van der Waals surface area contributed by atoms with Crippen LogP contribution in [0.4, 0.5) is 0 Å². The van der Waals surface area contributed by atoms with Gasteiger partial charge in [-0.1, -0.05) is 473 Å². The van der Waals surface area contributed by atoms with Gasteiger partial charge >= 0.3 is 0 Å². The maximum Gasteiger partial charge on any atom is 0.120 e. The van der Waals surface area contributed by atoms with Gasteiger partial charge < -0.3 is 43.6 Å². The first-order valence-corrected chi connectivity index (χ1v) is 60.4. The number of ether oxygens (including phenoxy) is 5. The van der Waals surface area contributed by atoms with Crippen LogP contribution in [0.3, 0.4) is 0 Å². The van der Waals surface area contributed by atoms with Gasteiger partial charge in [-0.05, 0) is 208 Å². The van der Waals surface area contributed by atoms with Crippen molar-refractivity contribution < 1.29 is 43.6 Å². The molecule has 6 saturated heterocycles. The molecule has 136 heavy (non-hydrogen) atoms. The topological polar surface area (TPSA) is 162 Å². The second-order valence-electron chi connectivity index (χ2n) is 28.9. The van der Waals surface area contributed by atoms with E-state index in [4.69, 9.17) is 36.3 Å². The molecule has 17 atom stereocenters. The van der Waals surface area contributed by atoms with Crippen LogP contribution in [-0.4, -0.2) is 119 Å². The molecule has 0 radical (unpaired) electrons. The number of rotatable bonds is 20. The molecule has 0 spiro atoms. The lowest BCUT2D eigenvalue weighted by molar-refractivity contribution is -0.107. The second kappa shape index (κ2) is 211. The van der Waals surface area contributed by atoms with E-state index in [2.05, 4.69) is 144 Å². The summed E-state index contributed by atoms with van der Waals surface area (Å²) in [6.07, 6.45) is 39.3. The number of carbonyl (C=O) groups excluding carboxylic acids is 1. The SMILES string of the molecule is C1CC2COCC2C1.C1CC2CONC2C1.C=CCCCC=NO.C=CCCCC=O.CC.CC.CC.CC.CC.CC.CC.CC.CC.CC.CC.CC.CC.CC.CC.CC.CC.CC.CC.CC.CC.CC.CC.CC(C)CCC(C)C(C)C.CC(C)CCCC(C)C.CCC1CCCC(C)O1.CCC1CCCC(C)O1.[3H]P=NC1COC(C)C(C)C1C.[3H]P=NC1COC(C)C(C)C1O. The number of aliphatic hydroxyl groups is 1. The van der Waals surface area contributed by atoms with E-state index in [1.807, 2.05) is 344 Å². The van der Waals surface area contributed by atoms with Gasteiger partial charge in [0.25, 0.3) is 0 Å².